The lowest BCUT2D eigenvalue weighted by atomic mass is 9.80. The molecule has 0 aliphatic heterocycles. The first-order valence-electron chi connectivity index (χ1n) is 7.21. The van der Waals surface area contributed by atoms with E-state index in [1.165, 1.54) is 31.4 Å². The Morgan fingerprint density at radius 2 is 1.74 bits per heavy atom. The molecule has 0 radical (unpaired) electrons. The van der Waals surface area contributed by atoms with Gasteiger partial charge in [-0.05, 0) is 48.8 Å². The summed E-state index contributed by atoms with van der Waals surface area (Å²) in [5, 5.41) is 13.5. The third-order valence-electron chi connectivity index (χ3n) is 4.03. The van der Waals surface area contributed by atoms with Crippen molar-refractivity contribution in [3.8, 4) is 0 Å². The maximum absolute atomic E-state index is 12.8. The van der Waals surface area contributed by atoms with Gasteiger partial charge < -0.3 is 10.4 Å². The van der Waals surface area contributed by atoms with Crippen LogP contribution in [0, 0.1) is 17.7 Å². The topological polar surface area (TPSA) is 32.3 Å². The van der Waals surface area contributed by atoms with Crippen LogP contribution >= 0.6 is 0 Å². The number of aliphatic hydroxyl groups excluding tert-OH is 1. The Kier molecular flexibility index (Phi) is 4.94. The highest BCUT2D eigenvalue weighted by atomic mass is 19.1. The van der Waals surface area contributed by atoms with Gasteiger partial charge in [0, 0.05) is 12.6 Å². The average molecular weight is 265 g/mol. The Bertz CT molecular complexity index is 382. The first-order chi connectivity index (χ1) is 9.04. The summed E-state index contributed by atoms with van der Waals surface area (Å²) in [6.07, 6.45) is 3.10. The van der Waals surface area contributed by atoms with Gasteiger partial charge in [-0.2, -0.15) is 0 Å². The number of benzene rings is 1. The van der Waals surface area contributed by atoms with Crippen molar-refractivity contribution in [1.29, 1.82) is 0 Å². The summed E-state index contributed by atoms with van der Waals surface area (Å²) in [6, 6.07) is 6.57. The molecule has 0 bridgehead atoms. The number of hydrogen-bond acceptors (Lipinski definition) is 2. The van der Waals surface area contributed by atoms with E-state index in [-0.39, 0.29) is 5.82 Å². The predicted octanol–water partition coefficient (Wildman–Crippen LogP) is 3.27. The largest absolute Gasteiger partial charge is 0.387 e. The second-order valence-corrected chi connectivity index (χ2v) is 6.09. The molecule has 1 aliphatic rings. The van der Waals surface area contributed by atoms with E-state index in [2.05, 4.69) is 19.2 Å². The molecule has 2 nitrogen and oxygen atoms in total. The number of rotatable bonds is 4. The van der Waals surface area contributed by atoms with Crippen molar-refractivity contribution in [3.63, 3.8) is 0 Å². The van der Waals surface area contributed by atoms with Crippen LogP contribution in [0.3, 0.4) is 0 Å². The van der Waals surface area contributed by atoms with E-state index < -0.39 is 6.10 Å². The van der Waals surface area contributed by atoms with Crippen LogP contribution in [0.5, 0.6) is 0 Å². The van der Waals surface area contributed by atoms with E-state index in [4.69, 9.17) is 0 Å². The van der Waals surface area contributed by atoms with E-state index in [1.54, 1.807) is 12.1 Å². The van der Waals surface area contributed by atoms with Crippen LogP contribution in [0.4, 0.5) is 4.39 Å². The van der Waals surface area contributed by atoms with Crippen molar-refractivity contribution >= 4 is 0 Å². The maximum atomic E-state index is 12.8. The van der Waals surface area contributed by atoms with Gasteiger partial charge >= 0.3 is 0 Å². The van der Waals surface area contributed by atoms with Crippen LogP contribution in [0.1, 0.15) is 44.8 Å². The van der Waals surface area contributed by atoms with Gasteiger partial charge in [0.25, 0.3) is 0 Å². The molecule has 1 saturated carbocycles. The highest BCUT2D eigenvalue weighted by Crippen LogP contribution is 2.28. The van der Waals surface area contributed by atoms with E-state index >= 15 is 0 Å². The van der Waals surface area contributed by atoms with Crippen molar-refractivity contribution < 1.29 is 9.50 Å². The van der Waals surface area contributed by atoms with Crippen LogP contribution in [0.25, 0.3) is 0 Å². The zero-order valence-corrected chi connectivity index (χ0v) is 11.8. The van der Waals surface area contributed by atoms with Crippen LogP contribution in [-0.2, 0) is 0 Å². The van der Waals surface area contributed by atoms with Gasteiger partial charge in [-0.15, -0.1) is 0 Å². The lowest BCUT2D eigenvalue weighted by Gasteiger charge is -2.32. The Morgan fingerprint density at radius 3 is 2.32 bits per heavy atom. The summed E-state index contributed by atoms with van der Waals surface area (Å²) < 4.78 is 12.8. The van der Waals surface area contributed by atoms with Crippen LogP contribution in [0.2, 0.25) is 0 Å². The Balaban J connectivity index is 1.83. The van der Waals surface area contributed by atoms with Gasteiger partial charge in [0.05, 0.1) is 6.10 Å². The summed E-state index contributed by atoms with van der Waals surface area (Å²) in [7, 11) is 0. The molecule has 1 aromatic rings. The predicted molar refractivity (Wildman–Crippen MR) is 75.3 cm³/mol. The molecule has 2 N–H and O–H groups in total. The van der Waals surface area contributed by atoms with Gasteiger partial charge in [-0.25, -0.2) is 4.39 Å². The summed E-state index contributed by atoms with van der Waals surface area (Å²) in [5.74, 6) is 1.24. The summed E-state index contributed by atoms with van der Waals surface area (Å²) in [4.78, 5) is 0. The molecule has 106 valence electrons. The number of aliphatic hydroxyl groups is 1. The zero-order chi connectivity index (χ0) is 13.8. The van der Waals surface area contributed by atoms with Crippen molar-refractivity contribution in [2.45, 2.75) is 45.3 Å². The third-order valence-corrected chi connectivity index (χ3v) is 4.03. The molecule has 3 atom stereocenters. The van der Waals surface area contributed by atoms with Gasteiger partial charge in [0.1, 0.15) is 5.82 Å². The van der Waals surface area contributed by atoms with Crippen molar-refractivity contribution in [2.24, 2.45) is 11.8 Å². The van der Waals surface area contributed by atoms with Gasteiger partial charge in [0.15, 0.2) is 0 Å². The molecule has 0 spiro atoms. The maximum Gasteiger partial charge on any atom is 0.123 e. The minimum Gasteiger partial charge on any atom is -0.387 e. The average Bonchev–Trinajstić information content (AvgIpc) is 2.36. The highest BCUT2D eigenvalue weighted by Gasteiger charge is 2.24. The van der Waals surface area contributed by atoms with Crippen molar-refractivity contribution in [3.05, 3.63) is 35.6 Å². The first-order valence-corrected chi connectivity index (χ1v) is 7.21. The minimum atomic E-state index is -0.562. The molecule has 1 aliphatic carbocycles. The van der Waals surface area contributed by atoms with E-state index in [0.717, 1.165) is 17.4 Å². The molecule has 1 aromatic carbocycles. The lowest BCUT2D eigenvalue weighted by Crippen LogP contribution is -2.38. The highest BCUT2D eigenvalue weighted by molar-refractivity contribution is 5.18. The van der Waals surface area contributed by atoms with E-state index in [1.807, 2.05) is 0 Å². The molecular weight excluding hydrogens is 241 g/mol. The first kappa shape index (κ1) is 14.5. The Labute approximate surface area is 115 Å². The van der Waals surface area contributed by atoms with E-state index in [9.17, 15) is 9.50 Å². The number of hydrogen-bond donors (Lipinski definition) is 2. The second kappa shape index (κ2) is 6.49. The molecule has 0 amide bonds. The monoisotopic (exact) mass is 265 g/mol. The SMILES string of the molecule is CC1CC(C)CC(NCC(O)c2ccc(F)cc2)C1. The van der Waals surface area contributed by atoms with E-state index in [0.29, 0.717) is 12.6 Å². The third kappa shape index (κ3) is 4.29. The second-order valence-electron chi connectivity index (χ2n) is 6.09. The summed E-state index contributed by atoms with van der Waals surface area (Å²) in [6.45, 7) is 5.12. The van der Waals surface area contributed by atoms with Crippen LogP contribution in [0.15, 0.2) is 24.3 Å². The molecule has 1 fully saturated rings. The molecule has 0 heterocycles. The van der Waals surface area contributed by atoms with Crippen molar-refractivity contribution in [2.75, 3.05) is 6.54 Å². The smallest absolute Gasteiger partial charge is 0.123 e. The minimum absolute atomic E-state index is 0.265. The van der Waals surface area contributed by atoms with Crippen LogP contribution < -0.4 is 5.32 Å². The standard InChI is InChI=1S/C16H24FNO/c1-11-7-12(2)9-15(8-11)18-10-16(19)13-3-5-14(17)6-4-13/h3-6,11-12,15-16,18-19H,7-10H2,1-2H3. The van der Waals surface area contributed by atoms with Gasteiger partial charge in [-0.3, -0.25) is 0 Å². The molecule has 0 aromatic heterocycles. The molecule has 0 saturated heterocycles. The normalized spacial score (nSPS) is 29.2. The quantitative estimate of drug-likeness (QED) is 0.875. The van der Waals surface area contributed by atoms with Crippen molar-refractivity contribution in [1.82, 2.24) is 5.32 Å². The molecule has 2 rings (SSSR count). The molecular formula is C16H24FNO. The van der Waals surface area contributed by atoms with Gasteiger partial charge in [0.2, 0.25) is 0 Å². The number of nitrogens with one attached hydrogen (secondary N) is 1. The summed E-state index contributed by atoms with van der Waals surface area (Å²) in [5.41, 5.74) is 0.769. The Hall–Kier alpha value is -0.930. The van der Waals surface area contributed by atoms with Gasteiger partial charge in [-0.1, -0.05) is 26.0 Å². The van der Waals surface area contributed by atoms with Crippen LogP contribution in [-0.4, -0.2) is 17.7 Å². The molecule has 3 unspecified atom stereocenters. The molecule has 19 heavy (non-hydrogen) atoms. The number of halogens is 1. The fourth-order valence-electron chi connectivity index (χ4n) is 3.19. The summed E-state index contributed by atoms with van der Waals surface area (Å²) >= 11 is 0. The zero-order valence-electron chi connectivity index (χ0n) is 11.8. The Morgan fingerprint density at radius 1 is 1.16 bits per heavy atom. The fraction of sp³-hybridized carbons (Fsp3) is 0.625. The molecule has 3 heteroatoms. The lowest BCUT2D eigenvalue weighted by molar-refractivity contribution is 0.155. The fourth-order valence-corrected chi connectivity index (χ4v) is 3.19.